The molecule has 0 spiro atoms. The van der Waals surface area contributed by atoms with E-state index in [2.05, 4.69) is 22.6 Å². The molecule has 0 saturated carbocycles. The van der Waals surface area contributed by atoms with E-state index in [4.69, 9.17) is 29.0 Å². The SMILES string of the molecule is C1CCOC1.CCOC(=O)c1ccc(-c2cccc(C(F)(F)F)c2)cc1.CCOC(=O)c1ccc(-c2cccc(C(F)(F)F)c2)cc1.CCOC(=O)c1ccc(I)cc1.CS(=O)(=O)c1ccccc1.O=C(CS(=O)(=O)c1ccccc1)c1ccc(-c2cccc(C(F)(F)F)c2)cc1.O=C(CS(=O)(=O)c1ccccc1)c1ccc(-c2cccc(C(F)(F)F)c2)cc1.O=[S-](=O)c1ccccc1.OB(O)c1cccc(C(F)(F)F)c1.[Na+].[Zn]. The fourth-order valence-corrected chi connectivity index (χ4v) is 16.4. The van der Waals surface area contributed by atoms with Crippen LogP contribution in [0.2, 0.25) is 0 Å². The number of ketones is 2. The minimum Gasteiger partial charge on any atom is -0.462 e. The maximum Gasteiger partial charge on any atom is 1.00 e. The maximum absolute atomic E-state index is 12.8. The van der Waals surface area contributed by atoms with Crippen LogP contribution in [0.3, 0.4) is 0 Å². The molecular weight excluding hydrogens is 2230 g/mol. The summed E-state index contributed by atoms with van der Waals surface area (Å²) in [6.07, 6.45) is -18.3. The van der Waals surface area contributed by atoms with E-state index < -0.39 is 141 Å². The second kappa shape index (κ2) is 60.7. The molecule has 776 valence electrons. The molecule has 2 N–H and O–H groups in total. The van der Waals surface area contributed by atoms with Gasteiger partial charge in [0.1, 0.15) is 11.5 Å². The zero-order chi connectivity index (χ0) is 109. The minimum atomic E-state index is -4.45. The first-order valence-electron chi connectivity index (χ1n) is 43.7. The molecule has 0 radical (unpaired) electrons. The van der Waals surface area contributed by atoms with Gasteiger partial charge in [0.2, 0.25) is 0 Å². The molecule has 1 aliphatic heterocycles. The number of ether oxygens (including phenoxy) is 4. The van der Waals surface area contributed by atoms with E-state index in [1.54, 1.807) is 166 Å². The third kappa shape index (κ3) is 43.8. The number of halogens is 16. The third-order valence-corrected chi connectivity index (χ3v) is 25.7. The van der Waals surface area contributed by atoms with Crippen molar-refractivity contribution < 1.29 is 202 Å². The van der Waals surface area contributed by atoms with Gasteiger partial charge in [0.05, 0.1) is 79.0 Å². The summed E-state index contributed by atoms with van der Waals surface area (Å²) in [4.78, 5) is 59.6. The van der Waals surface area contributed by atoms with Crippen molar-refractivity contribution in [2.24, 2.45) is 0 Å². The normalized spacial score (nSPS) is 11.6. The predicted octanol–water partition coefficient (Wildman–Crippen LogP) is 22.3. The summed E-state index contributed by atoms with van der Waals surface area (Å²) in [6, 6.07) is 87.1. The Morgan fingerprint density at radius 3 is 0.792 bits per heavy atom. The van der Waals surface area contributed by atoms with Crippen molar-refractivity contribution in [3.63, 3.8) is 0 Å². The maximum atomic E-state index is 12.8. The number of rotatable bonds is 21. The molecular formula is C107H92BF15INaO19S4Zn. The van der Waals surface area contributed by atoms with Crippen molar-refractivity contribution in [2.45, 2.75) is 84.1 Å². The number of hydrogen-bond donors (Lipinski definition) is 2. The van der Waals surface area contributed by atoms with Gasteiger partial charge in [0.15, 0.2) is 41.1 Å². The Morgan fingerprint density at radius 2 is 0.570 bits per heavy atom. The number of carbonyl (C=O) groups excluding carboxylic acids is 5. The average molecular weight is 2320 g/mol. The Morgan fingerprint density at radius 1 is 0.329 bits per heavy atom. The van der Waals surface area contributed by atoms with E-state index in [-0.39, 0.29) is 94.6 Å². The van der Waals surface area contributed by atoms with E-state index >= 15 is 0 Å². The minimum absolute atomic E-state index is 0. The van der Waals surface area contributed by atoms with Gasteiger partial charge in [0, 0.05) is 53.6 Å². The molecule has 1 saturated heterocycles. The summed E-state index contributed by atoms with van der Waals surface area (Å²) in [7, 11) is -14.5. The molecule has 0 aromatic heterocycles. The number of benzene rings is 14. The van der Waals surface area contributed by atoms with Crippen LogP contribution in [-0.2, 0) is 118 Å². The molecule has 0 amide bonds. The van der Waals surface area contributed by atoms with Crippen LogP contribution >= 0.6 is 22.6 Å². The summed E-state index contributed by atoms with van der Waals surface area (Å²) in [5.74, 6) is -3.69. The Hall–Kier alpha value is -12.1. The van der Waals surface area contributed by atoms with Crippen molar-refractivity contribution in [3.8, 4) is 44.5 Å². The van der Waals surface area contributed by atoms with Gasteiger partial charge in [-0.2, -0.15) is 65.9 Å². The zero-order valence-corrected chi connectivity index (χ0v) is 90.2. The molecule has 0 aliphatic carbocycles. The monoisotopic (exact) mass is 2320 g/mol. The number of esters is 3. The Kier molecular flexibility index (Phi) is 51.8. The largest absolute Gasteiger partial charge is 1.00 e. The Labute approximate surface area is 901 Å². The smallest absolute Gasteiger partial charge is 0.462 e. The van der Waals surface area contributed by atoms with Crippen LogP contribution in [0.15, 0.2) is 384 Å². The summed E-state index contributed by atoms with van der Waals surface area (Å²) in [5.41, 5.74) is 1.50. The van der Waals surface area contributed by atoms with Gasteiger partial charge in [0.25, 0.3) is 0 Å². The van der Waals surface area contributed by atoms with Gasteiger partial charge in [-0.1, -0.05) is 235 Å². The van der Waals surface area contributed by atoms with Gasteiger partial charge in [-0.15, -0.1) is 0 Å². The van der Waals surface area contributed by atoms with E-state index in [0.29, 0.717) is 83.7 Å². The Balaban J connectivity index is 0.000000304. The van der Waals surface area contributed by atoms with E-state index in [9.17, 15) is 124 Å². The topological polar surface area (TPSA) is 299 Å². The molecule has 42 heteroatoms. The first kappa shape index (κ1) is 127. The van der Waals surface area contributed by atoms with Gasteiger partial charge in [-0.3, -0.25) is 9.59 Å². The van der Waals surface area contributed by atoms with Crippen LogP contribution in [0.5, 0.6) is 0 Å². The van der Waals surface area contributed by atoms with Crippen LogP contribution in [0.1, 0.15) is 113 Å². The van der Waals surface area contributed by atoms with Gasteiger partial charge in [-0.25, -0.2) is 39.6 Å². The summed E-state index contributed by atoms with van der Waals surface area (Å²) < 4.78 is 301. The molecule has 15 rings (SSSR count). The second-order valence-electron chi connectivity index (χ2n) is 30.7. The molecule has 0 unspecified atom stereocenters. The molecule has 0 bridgehead atoms. The standard InChI is InChI=1S/2C21H15F3O3S.2C16H13F3O2.C9H9IO2.C7H6BF3O2.C7H8O2S.C6H5O2S.C4H8O.Na.Zn/c2*22-21(23,24)18-6-4-5-17(13-18)15-9-11-16(12-10-15)20(25)14-28(26,27)19-7-2-1-3-8-19;2*1-2-21-15(20)12-8-6-11(7-9-12)13-4-3-5-14(10-13)16(17,18)19;1-2-12-9(11)7-3-5-8(10)6-4-7;9-7(10,11)5-2-1-3-6(4-5)8(12)13;1-10(8,9)7-5-3-2-4-6-7;7-9(8)6-4-2-1-3-5-6;1-2-4-5-3-1;;/h2*1-13H,14H2;2*3-10H,2H2,1H3;3-6H,2H2,1H3;1-4,12-13H;2-6H,1H3;1-5H;1-4H2;;/q;;;;;;;-1;;+1;. The number of alkyl halides is 15. The van der Waals surface area contributed by atoms with Crippen molar-refractivity contribution in [2.75, 3.05) is 50.8 Å². The van der Waals surface area contributed by atoms with Crippen molar-refractivity contribution in [3.05, 3.63) is 423 Å². The number of sulfone groups is 3. The number of Topliss-reactive ketones (excluding diaryl/α,β-unsaturated/α-hetero) is 2. The molecule has 1 aliphatic rings. The summed E-state index contributed by atoms with van der Waals surface area (Å²) in [6.45, 7) is 8.17. The third-order valence-electron chi connectivity index (χ3n) is 19.9. The molecule has 14 aromatic rings. The van der Waals surface area contributed by atoms with Crippen LogP contribution in [0, 0.1) is 3.57 Å². The van der Waals surface area contributed by atoms with Crippen molar-refractivity contribution >= 4 is 105 Å². The second-order valence-corrected chi connectivity index (χ2v) is 38.9. The van der Waals surface area contributed by atoms with E-state index in [0.717, 1.165) is 77.4 Å². The fraction of sp³-hybridized carbons (Fsp3) is 0.168. The van der Waals surface area contributed by atoms with Gasteiger partial charge in [-0.05, 0) is 250 Å². The van der Waals surface area contributed by atoms with Crippen LogP contribution in [-0.4, -0.2) is 123 Å². The summed E-state index contributed by atoms with van der Waals surface area (Å²) >= 11 is 2.19. The van der Waals surface area contributed by atoms with E-state index in [1.807, 2.05) is 12.1 Å². The quantitative estimate of drug-likeness (QED) is 0.0128. The first-order chi connectivity index (χ1) is 69.2. The average Bonchev–Trinajstić information content (AvgIpc) is 1.37. The van der Waals surface area contributed by atoms with Crippen molar-refractivity contribution in [1.82, 2.24) is 0 Å². The summed E-state index contributed by atoms with van der Waals surface area (Å²) in [5, 5.41) is 17.2. The molecule has 1 fully saturated rings. The first-order valence-corrected chi connectivity index (χ1v) is 51.1. The van der Waals surface area contributed by atoms with Crippen LogP contribution < -0.4 is 35.0 Å². The number of hydrogen-bond acceptors (Lipinski definition) is 20. The fourth-order valence-electron chi connectivity index (χ4n) is 12.5. The predicted molar refractivity (Wildman–Crippen MR) is 535 cm³/mol. The van der Waals surface area contributed by atoms with Crippen LogP contribution in [0.4, 0.5) is 65.9 Å². The molecule has 149 heavy (non-hydrogen) atoms. The molecule has 1 heterocycles. The van der Waals surface area contributed by atoms with E-state index in [1.165, 1.54) is 159 Å². The van der Waals surface area contributed by atoms with Crippen LogP contribution in [0.25, 0.3) is 44.5 Å². The Bertz CT molecular complexity index is 6760. The molecule has 19 nitrogen and oxygen atoms in total. The zero-order valence-electron chi connectivity index (χ0n) is 79.8. The molecule has 14 aromatic carbocycles. The van der Waals surface area contributed by atoms with Crippen molar-refractivity contribution in [1.29, 1.82) is 0 Å². The number of carbonyl (C=O) groups is 5. The molecule has 0 atom stereocenters. The van der Waals surface area contributed by atoms with Gasteiger partial charge >= 0.3 is 85.5 Å². The van der Waals surface area contributed by atoms with Gasteiger partial charge < -0.3 is 37.4 Å².